The standard InChI is InChI=1S/C17H31B/c1-14(2)15-8-7-10-16(3,13-9-15)17(18)11-5-4-6-12-17/h14-15H,4-13H2,1-3H3. The first-order valence-electron chi connectivity index (χ1n) is 8.26. The van der Waals surface area contributed by atoms with Gasteiger partial charge in [-0.1, -0.05) is 71.0 Å². The highest BCUT2D eigenvalue weighted by molar-refractivity contribution is 6.15. The van der Waals surface area contributed by atoms with Crippen molar-refractivity contribution in [1.82, 2.24) is 0 Å². The molecule has 2 aliphatic carbocycles. The molecule has 2 rings (SSSR count). The van der Waals surface area contributed by atoms with Crippen LogP contribution >= 0.6 is 0 Å². The summed E-state index contributed by atoms with van der Waals surface area (Å²) in [6.45, 7) is 7.29. The van der Waals surface area contributed by atoms with E-state index >= 15 is 0 Å². The molecule has 2 atom stereocenters. The molecule has 0 saturated heterocycles. The number of hydrogen-bond acceptors (Lipinski definition) is 0. The minimum Gasteiger partial charge on any atom is -0.0625 e. The molecule has 2 fully saturated rings. The Morgan fingerprint density at radius 1 is 0.889 bits per heavy atom. The summed E-state index contributed by atoms with van der Waals surface area (Å²) in [5, 5.41) is 0.150. The van der Waals surface area contributed by atoms with Crippen molar-refractivity contribution in [2.75, 3.05) is 0 Å². The van der Waals surface area contributed by atoms with Crippen molar-refractivity contribution in [2.45, 2.75) is 90.3 Å². The summed E-state index contributed by atoms with van der Waals surface area (Å²) >= 11 is 0. The fraction of sp³-hybridized carbons (Fsp3) is 1.00. The van der Waals surface area contributed by atoms with E-state index in [1.165, 1.54) is 64.2 Å². The second-order valence-electron chi connectivity index (χ2n) is 7.71. The van der Waals surface area contributed by atoms with Crippen LogP contribution in [0.4, 0.5) is 0 Å². The van der Waals surface area contributed by atoms with Gasteiger partial charge in [-0.2, -0.15) is 0 Å². The van der Waals surface area contributed by atoms with Gasteiger partial charge in [0.2, 0.25) is 0 Å². The van der Waals surface area contributed by atoms with E-state index in [0.717, 1.165) is 11.8 Å². The van der Waals surface area contributed by atoms with Gasteiger partial charge in [-0.25, -0.2) is 0 Å². The van der Waals surface area contributed by atoms with Gasteiger partial charge in [-0.3, -0.25) is 0 Å². The van der Waals surface area contributed by atoms with E-state index in [9.17, 15) is 0 Å². The lowest BCUT2D eigenvalue weighted by atomic mass is 9.45. The number of rotatable bonds is 2. The van der Waals surface area contributed by atoms with E-state index in [4.69, 9.17) is 7.85 Å². The molecule has 2 saturated carbocycles. The third kappa shape index (κ3) is 2.80. The fourth-order valence-electron chi connectivity index (χ4n) is 4.48. The van der Waals surface area contributed by atoms with Crippen molar-refractivity contribution in [1.29, 1.82) is 0 Å². The van der Waals surface area contributed by atoms with Crippen LogP contribution in [-0.4, -0.2) is 7.85 Å². The summed E-state index contributed by atoms with van der Waals surface area (Å²) < 4.78 is 0. The second kappa shape index (κ2) is 5.59. The Kier molecular flexibility index (Phi) is 4.50. The Morgan fingerprint density at radius 2 is 1.56 bits per heavy atom. The van der Waals surface area contributed by atoms with Gasteiger partial charge in [0.15, 0.2) is 0 Å². The van der Waals surface area contributed by atoms with Crippen molar-refractivity contribution in [3.05, 3.63) is 0 Å². The first-order chi connectivity index (χ1) is 8.47. The summed E-state index contributed by atoms with van der Waals surface area (Å²) in [5.41, 5.74) is 0.414. The van der Waals surface area contributed by atoms with Gasteiger partial charge >= 0.3 is 0 Å². The molecule has 0 N–H and O–H groups in total. The van der Waals surface area contributed by atoms with Crippen molar-refractivity contribution < 1.29 is 0 Å². The summed E-state index contributed by atoms with van der Waals surface area (Å²) in [5.74, 6) is 1.80. The molecule has 2 aliphatic rings. The SMILES string of the molecule is [B]C1(C2(C)CCCC(C(C)C)CC2)CCCCC1. The molecule has 0 amide bonds. The molecule has 0 aromatic heterocycles. The predicted octanol–water partition coefficient (Wildman–Crippen LogP) is 5.52. The van der Waals surface area contributed by atoms with E-state index in [1.807, 2.05) is 0 Å². The molecule has 2 radical (unpaired) electrons. The Bertz CT molecular complexity index is 265. The quantitative estimate of drug-likeness (QED) is 0.444. The zero-order valence-corrected chi connectivity index (χ0v) is 12.8. The molecule has 0 bridgehead atoms. The summed E-state index contributed by atoms with van der Waals surface area (Å²) in [6, 6.07) is 0. The van der Waals surface area contributed by atoms with Crippen LogP contribution in [0.1, 0.15) is 85.0 Å². The minimum atomic E-state index is 0.150. The summed E-state index contributed by atoms with van der Waals surface area (Å²) in [7, 11) is 6.86. The average Bonchev–Trinajstić information content (AvgIpc) is 2.53. The molecular weight excluding hydrogens is 215 g/mol. The van der Waals surface area contributed by atoms with Gasteiger partial charge in [0.25, 0.3) is 0 Å². The van der Waals surface area contributed by atoms with Crippen LogP contribution in [0.5, 0.6) is 0 Å². The smallest absolute Gasteiger partial charge is 0.0625 e. The molecule has 18 heavy (non-hydrogen) atoms. The van der Waals surface area contributed by atoms with Crippen molar-refractivity contribution >= 4 is 7.85 Å². The van der Waals surface area contributed by atoms with Crippen LogP contribution in [0, 0.1) is 17.3 Å². The third-order valence-corrected chi connectivity index (χ3v) is 6.26. The molecule has 0 aliphatic heterocycles. The molecule has 0 spiro atoms. The normalized spacial score (nSPS) is 37.4. The van der Waals surface area contributed by atoms with Crippen LogP contribution in [-0.2, 0) is 0 Å². The Hall–Kier alpha value is 0.0649. The second-order valence-corrected chi connectivity index (χ2v) is 7.71. The maximum atomic E-state index is 6.86. The Morgan fingerprint density at radius 3 is 2.17 bits per heavy atom. The fourth-order valence-corrected chi connectivity index (χ4v) is 4.48. The molecule has 102 valence electrons. The first-order valence-corrected chi connectivity index (χ1v) is 8.26. The van der Waals surface area contributed by atoms with E-state index < -0.39 is 0 Å². The lowest BCUT2D eigenvalue weighted by Crippen LogP contribution is -2.36. The zero-order valence-electron chi connectivity index (χ0n) is 12.8. The van der Waals surface area contributed by atoms with Gasteiger partial charge < -0.3 is 0 Å². The van der Waals surface area contributed by atoms with Crippen LogP contribution in [0.25, 0.3) is 0 Å². The highest BCUT2D eigenvalue weighted by Gasteiger charge is 2.44. The largest absolute Gasteiger partial charge is 0.0753 e. The van der Waals surface area contributed by atoms with Crippen LogP contribution in [0.15, 0.2) is 0 Å². The molecule has 0 nitrogen and oxygen atoms in total. The summed E-state index contributed by atoms with van der Waals surface area (Å²) in [6.07, 6.45) is 13.7. The lowest BCUT2D eigenvalue weighted by molar-refractivity contribution is 0.130. The van der Waals surface area contributed by atoms with Gasteiger partial charge in [0, 0.05) is 0 Å². The topological polar surface area (TPSA) is 0 Å². The first kappa shape index (κ1) is 14.5. The molecule has 0 heterocycles. The van der Waals surface area contributed by atoms with E-state index in [2.05, 4.69) is 20.8 Å². The summed E-state index contributed by atoms with van der Waals surface area (Å²) in [4.78, 5) is 0. The molecule has 2 unspecified atom stereocenters. The van der Waals surface area contributed by atoms with Gasteiger partial charge in [-0.05, 0) is 36.5 Å². The number of hydrogen-bond donors (Lipinski definition) is 0. The predicted molar refractivity (Wildman–Crippen MR) is 81.1 cm³/mol. The van der Waals surface area contributed by atoms with E-state index in [1.54, 1.807) is 0 Å². The minimum absolute atomic E-state index is 0.150. The van der Waals surface area contributed by atoms with Crippen molar-refractivity contribution in [2.24, 2.45) is 17.3 Å². The molecule has 1 heteroatoms. The maximum Gasteiger partial charge on any atom is 0.0753 e. The van der Waals surface area contributed by atoms with Crippen molar-refractivity contribution in [3.8, 4) is 0 Å². The monoisotopic (exact) mass is 246 g/mol. The molecular formula is C17H31B. The van der Waals surface area contributed by atoms with Gasteiger partial charge in [-0.15, -0.1) is 0 Å². The van der Waals surface area contributed by atoms with Gasteiger partial charge in [0.1, 0.15) is 0 Å². The highest BCUT2D eigenvalue weighted by atomic mass is 14.5. The Balaban J connectivity index is 2.06. The molecule has 0 aromatic carbocycles. The molecule has 0 aromatic rings. The van der Waals surface area contributed by atoms with Crippen LogP contribution in [0.2, 0.25) is 5.31 Å². The van der Waals surface area contributed by atoms with Crippen LogP contribution < -0.4 is 0 Å². The Labute approximate surface area is 116 Å². The van der Waals surface area contributed by atoms with Crippen LogP contribution in [0.3, 0.4) is 0 Å². The van der Waals surface area contributed by atoms with E-state index in [0.29, 0.717) is 5.41 Å². The van der Waals surface area contributed by atoms with E-state index in [-0.39, 0.29) is 5.31 Å². The van der Waals surface area contributed by atoms with Crippen molar-refractivity contribution in [3.63, 3.8) is 0 Å². The lowest BCUT2D eigenvalue weighted by Gasteiger charge is -2.50. The average molecular weight is 246 g/mol. The highest BCUT2D eigenvalue weighted by Crippen LogP contribution is 2.59. The zero-order chi connectivity index (χ0) is 13.2. The maximum absolute atomic E-state index is 6.86. The third-order valence-electron chi connectivity index (χ3n) is 6.26. The van der Waals surface area contributed by atoms with Gasteiger partial charge in [0.05, 0.1) is 7.85 Å².